The SMILES string of the molecule is CCS(=O)(=O)c1ccc(Oc2cc(Cl)ccc2NCC(=O)O)c(Cl)c1. The van der Waals surface area contributed by atoms with E-state index in [9.17, 15) is 13.2 Å². The molecule has 25 heavy (non-hydrogen) atoms. The van der Waals surface area contributed by atoms with Crippen LogP contribution in [0.25, 0.3) is 0 Å². The van der Waals surface area contributed by atoms with Gasteiger partial charge in [0.25, 0.3) is 0 Å². The van der Waals surface area contributed by atoms with Gasteiger partial charge in [0.05, 0.1) is 21.4 Å². The van der Waals surface area contributed by atoms with E-state index in [-0.39, 0.29) is 33.7 Å². The fourth-order valence-corrected chi connectivity index (χ4v) is 3.29. The summed E-state index contributed by atoms with van der Waals surface area (Å²) in [6, 6.07) is 8.80. The number of hydrogen-bond donors (Lipinski definition) is 2. The maximum Gasteiger partial charge on any atom is 0.322 e. The van der Waals surface area contributed by atoms with Crippen molar-refractivity contribution in [2.45, 2.75) is 11.8 Å². The molecule has 0 spiro atoms. The molecule has 2 aromatic carbocycles. The third-order valence-electron chi connectivity index (χ3n) is 3.24. The molecule has 0 atom stereocenters. The molecular weight excluding hydrogens is 389 g/mol. The number of ether oxygens (including phenoxy) is 1. The molecule has 0 aliphatic rings. The predicted molar refractivity (Wildman–Crippen MR) is 96.8 cm³/mol. The highest BCUT2D eigenvalue weighted by Crippen LogP contribution is 2.36. The number of anilines is 1. The lowest BCUT2D eigenvalue weighted by molar-refractivity contribution is -0.134. The van der Waals surface area contributed by atoms with Crippen molar-refractivity contribution >= 4 is 44.7 Å². The molecule has 2 aromatic rings. The van der Waals surface area contributed by atoms with Gasteiger partial charge < -0.3 is 15.2 Å². The summed E-state index contributed by atoms with van der Waals surface area (Å²) in [6.07, 6.45) is 0. The molecule has 6 nitrogen and oxygen atoms in total. The highest BCUT2D eigenvalue weighted by molar-refractivity contribution is 7.91. The van der Waals surface area contributed by atoms with Crippen molar-refractivity contribution in [1.29, 1.82) is 0 Å². The van der Waals surface area contributed by atoms with Crippen LogP contribution < -0.4 is 10.1 Å². The number of carboxylic acid groups (broad SMARTS) is 1. The molecule has 0 aromatic heterocycles. The first-order chi connectivity index (χ1) is 11.7. The maximum atomic E-state index is 11.9. The highest BCUT2D eigenvalue weighted by Gasteiger charge is 2.15. The van der Waals surface area contributed by atoms with E-state index >= 15 is 0 Å². The highest BCUT2D eigenvalue weighted by atomic mass is 35.5. The molecule has 2 N–H and O–H groups in total. The van der Waals surface area contributed by atoms with Crippen molar-refractivity contribution in [2.24, 2.45) is 0 Å². The fourth-order valence-electron chi connectivity index (χ4n) is 1.94. The normalized spacial score (nSPS) is 11.2. The van der Waals surface area contributed by atoms with Crippen LogP contribution in [0.1, 0.15) is 6.92 Å². The molecule has 0 saturated heterocycles. The van der Waals surface area contributed by atoms with Crippen LogP contribution in [-0.2, 0) is 14.6 Å². The summed E-state index contributed by atoms with van der Waals surface area (Å²) in [5.74, 6) is -0.590. The van der Waals surface area contributed by atoms with E-state index in [4.69, 9.17) is 33.0 Å². The van der Waals surface area contributed by atoms with E-state index in [1.807, 2.05) is 0 Å². The zero-order chi connectivity index (χ0) is 18.6. The molecule has 0 unspecified atom stereocenters. The third-order valence-corrected chi connectivity index (χ3v) is 5.50. The molecular formula is C16H15Cl2NO5S. The van der Waals surface area contributed by atoms with Crippen LogP contribution >= 0.6 is 23.2 Å². The molecule has 0 heterocycles. The van der Waals surface area contributed by atoms with E-state index < -0.39 is 15.8 Å². The maximum absolute atomic E-state index is 11.9. The number of carbonyl (C=O) groups is 1. The lowest BCUT2D eigenvalue weighted by Crippen LogP contribution is -2.12. The van der Waals surface area contributed by atoms with Gasteiger partial charge in [-0.05, 0) is 30.3 Å². The number of halogens is 2. The predicted octanol–water partition coefficient (Wildman–Crippen LogP) is 4.08. The standard InChI is InChI=1S/C16H15Cl2NO5S/c1-2-25(22,23)11-4-6-14(12(18)8-11)24-15-7-10(17)3-5-13(15)19-9-16(20)21/h3-8,19H,2,9H2,1H3,(H,20,21). The van der Waals surface area contributed by atoms with Crippen LogP contribution in [-0.4, -0.2) is 31.8 Å². The first-order valence-electron chi connectivity index (χ1n) is 7.18. The number of carboxylic acids is 1. The van der Waals surface area contributed by atoms with Crippen LogP contribution in [0.4, 0.5) is 5.69 Å². The first-order valence-corrected chi connectivity index (χ1v) is 9.59. The average Bonchev–Trinajstić information content (AvgIpc) is 2.55. The molecule has 0 fully saturated rings. The number of nitrogens with one attached hydrogen (secondary N) is 1. The van der Waals surface area contributed by atoms with E-state index in [1.165, 1.54) is 24.3 Å². The molecule has 9 heteroatoms. The average molecular weight is 404 g/mol. The van der Waals surface area contributed by atoms with Gasteiger partial charge in [-0.3, -0.25) is 4.79 Å². The molecule has 0 saturated carbocycles. The Bertz CT molecular complexity index is 899. The van der Waals surface area contributed by atoms with Crippen LogP contribution in [0.5, 0.6) is 11.5 Å². The number of sulfone groups is 1. The van der Waals surface area contributed by atoms with Gasteiger partial charge in [0.15, 0.2) is 15.6 Å². The molecule has 2 rings (SSSR count). The minimum absolute atomic E-state index is 0.0406. The molecule has 134 valence electrons. The van der Waals surface area contributed by atoms with Crippen LogP contribution in [0.3, 0.4) is 0 Å². The molecule has 0 radical (unpaired) electrons. The smallest absolute Gasteiger partial charge is 0.322 e. The first kappa shape index (κ1) is 19.4. The minimum atomic E-state index is -3.38. The Morgan fingerprint density at radius 1 is 1.16 bits per heavy atom. The summed E-state index contributed by atoms with van der Waals surface area (Å²) in [7, 11) is -3.38. The van der Waals surface area contributed by atoms with E-state index in [1.54, 1.807) is 19.1 Å². The third kappa shape index (κ3) is 5.01. The summed E-state index contributed by atoms with van der Waals surface area (Å²) in [5, 5.41) is 12.0. The lowest BCUT2D eigenvalue weighted by Gasteiger charge is -2.14. The van der Waals surface area contributed by atoms with Gasteiger partial charge in [0, 0.05) is 11.1 Å². The van der Waals surface area contributed by atoms with E-state index in [0.717, 1.165) is 0 Å². The quantitative estimate of drug-likeness (QED) is 0.723. The number of rotatable bonds is 7. The second-order valence-electron chi connectivity index (χ2n) is 4.99. The second-order valence-corrected chi connectivity index (χ2v) is 8.11. The largest absolute Gasteiger partial charge is 0.480 e. The van der Waals surface area contributed by atoms with Gasteiger partial charge in [0.2, 0.25) is 0 Å². The fraction of sp³-hybridized carbons (Fsp3) is 0.188. The summed E-state index contributed by atoms with van der Waals surface area (Å²) in [6.45, 7) is 1.24. The monoisotopic (exact) mass is 403 g/mol. The van der Waals surface area contributed by atoms with Crippen LogP contribution in [0, 0.1) is 0 Å². The Morgan fingerprint density at radius 3 is 2.48 bits per heavy atom. The Labute approximate surface area is 155 Å². The van der Waals surface area contributed by atoms with Crippen molar-refractivity contribution in [2.75, 3.05) is 17.6 Å². The summed E-state index contributed by atoms with van der Waals surface area (Å²) in [4.78, 5) is 10.8. The number of aliphatic carboxylic acids is 1. The Balaban J connectivity index is 2.33. The number of hydrogen-bond acceptors (Lipinski definition) is 5. The van der Waals surface area contributed by atoms with Gasteiger partial charge in [0.1, 0.15) is 12.3 Å². The Morgan fingerprint density at radius 2 is 1.88 bits per heavy atom. The van der Waals surface area contributed by atoms with E-state index in [2.05, 4.69) is 5.32 Å². The van der Waals surface area contributed by atoms with Crippen molar-refractivity contribution in [1.82, 2.24) is 0 Å². The summed E-state index contributed by atoms with van der Waals surface area (Å²) in [5.41, 5.74) is 0.410. The van der Waals surface area contributed by atoms with Gasteiger partial charge in [-0.15, -0.1) is 0 Å². The van der Waals surface area contributed by atoms with Crippen molar-refractivity contribution in [3.05, 3.63) is 46.4 Å². The molecule has 0 bridgehead atoms. The number of benzene rings is 2. The zero-order valence-electron chi connectivity index (χ0n) is 13.1. The molecule has 0 amide bonds. The zero-order valence-corrected chi connectivity index (χ0v) is 15.5. The summed E-state index contributed by atoms with van der Waals surface area (Å²) < 4.78 is 29.5. The minimum Gasteiger partial charge on any atom is -0.480 e. The lowest BCUT2D eigenvalue weighted by atomic mass is 10.2. The van der Waals surface area contributed by atoms with Gasteiger partial charge in [-0.2, -0.15) is 0 Å². The van der Waals surface area contributed by atoms with E-state index in [0.29, 0.717) is 10.7 Å². The van der Waals surface area contributed by atoms with Crippen molar-refractivity contribution in [3.8, 4) is 11.5 Å². The van der Waals surface area contributed by atoms with Crippen molar-refractivity contribution in [3.63, 3.8) is 0 Å². The topological polar surface area (TPSA) is 92.7 Å². The van der Waals surface area contributed by atoms with Crippen LogP contribution in [0.15, 0.2) is 41.3 Å². The van der Waals surface area contributed by atoms with Gasteiger partial charge >= 0.3 is 5.97 Å². The van der Waals surface area contributed by atoms with Crippen LogP contribution in [0.2, 0.25) is 10.0 Å². The van der Waals surface area contributed by atoms with Gasteiger partial charge in [-0.25, -0.2) is 8.42 Å². The van der Waals surface area contributed by atoms with Crippen molar-refractivity contribution < 1.29 is 23.1 Å². The Hall–Kier alpha value is -1.96. The van der Waals surface area contributed by atoms with Gasteiger partial charge in [-0.1, -0.05) is 30.1 Å². The molecule has 0 aliphatic heterocycles. The Kier molecular flexibility index (Phi) is 6.16. The molecule has 0 aliphatic carbocycles. The summed E-state index contributed by atoms with van der Waals surface area (Å²) >= 11 is 12.1. The second kappa shape index (κ2) is 7.95.